The monoisotopic (exact) mass is 349 g/mol. The SMILES string of the molecule is O=C(CCCc1ccccc1)N1CCN(c2nccn3cncc23)CC1. The number of fused-ring (bicyclic) bond motifs is 1. The summed E-state index contributed by atoms with van der Waals surface area (Å²) < 4.78 is 1.98. The van der Waals surface area contributed by atoms with Gasteiger partial charge in [0.2, 0.25) is 5.91 Å². The molecule has 1 aliphatic heterocycles. The minimum Gasteiger partial charge on any atom is -0.351 e. The van der Waals surface area contributed by atoms with Crippen molar-refractivity contribution in [3.05, 3.63) is 60.8 Å². The molecular formula is C20H23N5O. The van der Waals surface area contributed by atoms with Crippen LogP contribution in [-0.4, -0.2) is 51.4 Å². The molecule has 3 heterocycles. The third kappa shape index (κ3) is 3.54. The molecule has 26 heavy (non-hydrogen) atoms. The quantitative estimate of drug-likeness (QED) is 0.710. The van der Waals surface area contributed by atoms with Gasteiger partial charge in [-0.25, -0.2) is 9.97 Å². The van der Waals surface area contributed by atoms with E-state index in [1.165, 1.54) is 5.56 Å². The molecule has 0 N–H and O–H groups in total. The molecule has 0 aliphatic carbocycles. The Hall–Kier alpha value is -2.89. The first kappa shape index (κ1) is 16.6. The van der Waals surface area contributed by atoms with Gasteiger partial charge in [0.25, 0.3) is 0 Å². The van der Waals surface area contributed by atoms with Gasteiger partial charge in [0.05, 0.1) is 12.5 Å². The standard InChI is InChI=1S/C20H23N5O/c26-19(8-4-7-17-5-2-1-3-6-17)23-11-13-24(14-12-23)20-18-15-21-16-25(18)10-9-22-20/h1-3,5-6,9-10,15-16H,4,7-8,11-14H2. The number of imidazole rings is 1. The molecule has 0 radical (unpaired) electrons. The van der Waals surface area contributed by atoms with Gasteiger partial charge >= 0.3 is 0 Å². The zero-order valence-corrected chi connectivity index (χ0v) is 14.8. The summed E-state index contributed by atoms with van der Waals surface area (Å²) >= 11 is 0. The summed E-state index contributed by atoms with van der Waals surface area (Å²) in [6.07, 6.45) is 9.80. The highest BCUT2D eigenvalue weighted by Crippen LogP contribution is 2.20. The number of rotatable bonds is 5. The second-order valence-corrected chi connectivity index (χ2v) is 6.64. The maximum atomic E-state index is 12.5. The molecule has 0 unspecified atom stereocenters. The molecule has 134 valence electrons. The van der Waals surface area contributed by atoms with Gasteiger partial charge in [-0.15, -0.1) is 0 Å². The lowest BCUT2D eigenvalue weighted by Crippen LogP contribution is -2.49. The minimum atomic E-state index is 0.260. The van der Waals surface area contributed by atoms with E-state index in [4.69, 9.17) is 0 Å². The molecule has 3 aromatic rings. The molecule has 6 nitrogen and oxygen atoms in total. The molecule has 1 aromatic carbocycles. The zero-order chi connectivity index (χ0) is 17.8. The third-order valence-corrected chi connectivity index (χ3v) is 4.95. The van der Waals surface area contributed by atoms with Gasteiger partial charge in [-0.3, -0.25) is 4.79 Å². The van der Waals surface area contributed by atoms with E-state index < -0.39 is 0 Å². The predicted octanol–water partition coefficient (Wildman–Crippen LogP) is 2.40. The van der Waals surface area contributed by atoms with E-state index in [9.17, 15) is 4.79 Å². The van der Waals surface area contributed by atoms with Crippen LogP contribution in [0.3, 0.4) is 0 Å². The molecule has 4 rings (SSSR count). The fourth-order valence-corrected chi connectivity index (χ4v) is 3.50. The highest BCUT2D eigenvalue weighted by Gasteiger charge is 2.22. The summed E-state index contributed by atoms with van der Waals surface area (Å²) in [5.74, 6) is 1.21. The number of benzene rings is 1. The van der Waals surface area contributed by atoms with Gasteiger partial charge in [-0.05, 0) is 18.4 Å². The number of hydrogen-bond acceptors (Lipinski definition) is 4. The van der Waals surface area contributed by atoms with Crippen molar-refractivity contribution in [3.8, 4) is 0 Å². The molecule has 1 amide bonds. The average molecular weight is 349 g/mol. The van der Waals surface area contributed by atoms with E-state index in [-0.39, 0.29) is 5.91 Å². The third-order valence-electron chi connectivity index (χ3n) is 4.95. The van der Waals surface area contributed by atoms with Crippen LogP contribution in [0.5, 0.6) is 0 Å². The van der Waals surface area contributed by atoms with Crippen LogP contribution in [0.1, 0.15) is 18.4 Å². The first-order valence-corrected chi connectivity index (χ1v) is 9.14. The Morgan fingerprint density at radius 3 is 2.69 bits per heavy atom. The molecule has 6 heteroatoms. The summed E-state index contributed by atoms with van der Waals surface area (Å²) in [7, 11) is 0. The molecule has 0 spiro atoms. The topological polar surface area (TPSA) is 53.7 Å². The van der Waals surface area contributed by atoms with Gasteiger partial charge in [0.1, 0.15) is 5.52 Å². The number of hydrogen-bond donors (Lipinski definition) is 0. The highest BCUT2D eigenvalue weighted by atomic mass is 16.2. The number of amides is 1. The molecule has 1 saturated heterocycles. The molecule has 0 atom stereocenters. The second kappa shape index (κ2) is 7.56. The zero-order valence-electron chi connectivity index (χ0n) is 14.8. The number of nitrogens with zero attached hydrogens (tertiary/aromatic N) is 5. The Balaban J connectivity index is 1.29. The lowest BCUT2D eigenvalue weighted by molar-refractivity contribution is -0.131. The van der Waals surface area contributed by atoms with Crippen LogP contribution >= 0.6 is 0 Å². The number of aryl methyl sites for hydroxylation is 1. The van der Waals surface area contributed by atoms with Crippen molar-refractivity contribution in [2.24, 2.45) is 0 Å². The number of carbonyl (C=O) groups excluding carboxylic acids is 1. The van der Waals surface area contributed by atoms with Crippen molar-refractivity contribution in [2.75, 3.05) is 31.1 Å². The fourth-order valence-electron chi connectivity index (χ4n) is 3.50. The van der Waals surface area contributed by atoms with Crippen LogP contribution in [0.4, 0.5) is 5.82 Å². The summed E-state index contributed by atoms with van der Waals surface area (Å²) in [5, 5.41) is 0. The summed E-state index contributed by atoms with van der Waals surface area (Å²) in [6.45, 7) is 3.12. The van der Waals surface area contributed by atoms with Crippen molar-refractivity contribution in [1.82, 2.24) is 19.3 Å². The van der Waals surface area contributed by atoms with Crippen LogP contribution < -0.4 is 4.90 Å². The summed E-state index contributed by atoms with van der Waals surface area (Å²) in [6, 6.07) is 10.4. The van der Waals surface area contributed by atoms with Gasteiger partial charge in [0, 0.05) is 45.0 Å². The average Bonchev–Trinajstić information content (AvgIpc) is 3.18. The maximum absolute atomic E-state index is 12.5. The highest BCUT2D eigenvalue weighted by molar-refractivity contribution is 5.77. The van der Waals surface area contributed by atoms with Crippen molar-refractivity contribution < 1.29 is 4.79 Å². The molecule has 1 fully saturated rings. The van der Waals surface area contributed by atoms with E-state index in [0.29, 0.717) is 6.42 Å². The predicted molar refractivity (Wildman–Crippen MR) is 101 cm³/mol. The Morgan fingerprint density at radius 2 is 1.88 bits per heavy atom. The Labute approximate surface area is 153 Å². The molecule has 2 aromatic heterocycles. The molecule has 0 bridgehead atoms. The Bertz CT molecular complexity index is 868. The number of aromatic nitrogens is 3. The van der Waals surface area contributed by atoms with Gasteiger partial charge < -0.3 is 14.2 Å². The summed E-state index contributed by atoms with van der Waals surface area (Å²) in [5.41, 5.74) is 2.31. The number of anilines is 1. The molecular weight excluding hydrogens is 326 g/mol. The van der Waals surface area contributed by atoms with Crippen molar-refractivity contribution in [2.45, 2.75) is 19.3 Å². The lowest BCUT2D eigenvalue weighted by atomic mass is 10.1. The largest absolute Gasteiger partial charge is 0.351 e. The Morgan fingerprint density at radius 1 is 1.08 bits per heavy atom. The van der Waals surface area contributed by atoms with Gasteiger partial charge in [-0.1, -0.05) is 30.3 Å². The van der Waals surface area contributed by atoms with E-state index in [1.54, 1.807) is 12.5 Å². The van der Waals surface area contributed by atoms with Crippen molar-refractivity contribution in [3.63, 3.8) is 0 Å². The minimum absolute atomic E-state index is 0.260. The van der Waals surface area contributed by atoms with Crippen molar-refractivity contribution >= 4 is 17.2 Å². The molecule has 1 aliphatic rings. The first-order valence-electron chi connectivity index (χ1n) is 9.14. The van der Waals surface area contributed by atoms with Gasteiger partial charge in [0.15, 0.2) is 5.82 Å². The molecule has 0 saturated carbocycles. The second-order valence-electron chi connectivity index (χ2n) is 6.64. The van der Waals surface area contributed by atoms with Gasteiger partial charge in [-0.2, -0.15) is 0 Å². The van der Waals surface area contributed by atoms with E-state index >= 15 is 0 Å². The van der Waals surface area contributed by atoms with E-state index in [0.717, 1.165) is 50.4 Å². The number of piperazine rings is 1. The maximum Gasteiger partial charge on any atom is 0.222 e. The first-order chi connectivity index (χ1) is 12.8. The lowest BCUT2D eigenvalue weighted by Gasteiger charge is -2.35. The van der Waals surface area contributed by atoms with Crippen LogP contribution in [0.25, 0.3) is 5.52 Å². The van der Waals surface area contributed by atoms with Crippen LogP contribution in [0.2, 0.25) is 0 Å². The van der Waals surface area contributed by atoms with Crippen molar-refractivity contribution in [1.29, 1.82) is 0 Å². The smallest absolute Gasteiger partial charge is 0.222 e. The Kier molecular flexibility index (Phi) is 4.82. The van der Waals surface area contributed by atoms with Crippen LogP contribution in [0, 0.1) is 0 Å². The summed E-state index contributed by atoms with van der Waals surface area (Å²) in [4.78, 5) is 25.4. The van der Waals surface area contributed by atoms with E-state index in [1.807, 2.05) is 39.9 Å². The van der Waals surface area contributed by atoms with E-state index in [2.05, 4.69) is 27.0 Å². The van der Waals surface area contributed by atoms with Crippen LogP contribution in [0.15, 0.2) is 55.2 Å². The fraction of sp³-hybridized carbons (Fsp3) is 0.350. The number of carbonyl (C=O) groups is 1. The van der Waals surface area contributed by atoms with Crippen LogP contribution in [-0.2, 0) is 11.2 Å². The normalized spacial score (nSPS) is 14.8.